The summed E-state index contributed by atoms with van der Waals surface area (Å²) >= 11 is 0. The van der Waals surface area contributed by atoms with Crippen molar-refractivity contribution in [1.29, 1.82) is 5.26 Å². The molecule has 1 saturated heterocycles. The Labute approximate surface area is 128 Å². The zero-order chi connectivity index (χ0) is 15.3. The molecule has 0 radical (unpaired) electrons. The van der Waals surface area contributed by atoms with Gasteiger partial charge in [-0.1, -0.05) is 0 Å². The second-order valence-electron chi connectivity index (χ2n) is 8.54. The number of morpholine rings is 1. The third kappa shape index (κ3) is 3.59. The van der Waals surface area contributed by atoms with Crippen LogP contribution in [0.25, 0.3) is 0 Å². The molecule has 0 aromatic heterocycles. The zero-order valence-electron chi connectivity index (χ0n) is 13.9. The molecule has 4 heteroatoms. The number of ether oxygens (including phenoxy) is 1. The van der Waals surface area contributed by atoms with Crippen LogP contribution in [0.4, 0.5) is 0 Å². The lowest BCUT2D eigenvalue weighted by Crippen LogP contribution is -2.63. The average Bonchev–Trinajstić information content (AvgIpc) is 3.17. The lowest BCUT2D eigenvalue weighted by atomic mass is 9.91. The van der Waals surface area contributed by atoms with E-state index in [4.69, 9.17) is 4.74 Å². The molecular formula is C17H29N3O. The molecule has 1 aliphatic heterocycles. The van der Waals surface area contributed by atoms with Crippen LogP contribution in [0.15, 0.2) is 0 Å². The summed E-state index contributed by atoms with van der Waals surface area (Å²) in [5, 5.41) is 13.6. The van der Waals surface area contributed by atoms with E-state index < -0.39 is 0 Å². The maximum Gasteiger partial charge on any atom is 0.122 e. The highest BCUT2D eigenvalue weighted by Gasteiger charge is 2.50. The fourth-order valence-electron chi connectivity index (χ4n) is 4.03. The molecule has 3 rings (SSSR count). The van der Waals surface area contributed by atoms with Gasteiger partial charge in [-0.2, -0.15) is 5.26 Å². The van der Waals surface area contributed by atoms with E-state index in [0.717, 1.165) is 19.6 Å². The first-order valence-electron chi connectivity index (χ1n) is 8.35. The van der Waals surface area contributed by atoms with Crippen LogP contribution in [0, 0.1) is 17.2 Å². The van der Waals surface area contributed by atoms with Crippen molar-refractivity contribution in [1.82, 2.24) is 10.2 Å². The Bertz CT molecular complexity index is 429. The molecule has 0 aromatic carbocycles. The second kappa shape index (κ2) is 4.94. The largest absolute Gasteiger partial charge is 0.367 e. The summed E-state index contributed by atoms with van der Waals surface area (Å²) in [4.78, 5) is 2.44. The number of nitriles is 1. The van der Waals surface area contributed by atoms with Gasteiger partial charge in [-0.25, -0.2) is 0 Å². The van der Waals surface area contributed by atoms with E-state index in [1.807, 2.05) is 0 Å². The lowest BCUT2D eigenvalue weighted by Gasteiger charge is -2.49. The van der Waals surface area contributed by atoms with Gasteiger partial charge in [0.2, 0.25) is 0 Å². The minimum atomic E-state index is -0.343. The number of hydrogen-bond donors (Lipinski definition) is 1. The van der Waals surface area contributed by atoms with Crippen LogP contribution >= 0.6 is 0 Å². The predicted octanol–water partition coefficient (Wildman–Crippen LogP) is 2.30. The molecule has 1 unspecified atom stereocenters. The fraction of sp³-hybridized carbons (Fsp3) is 0.941. The highest BCUT2D eigenvalue weighted by Crippen LogP contribution is 2.42. The average molecular weight is 291 g/mol. The van der Waals surface area contributed by atoms with Gasteiger partial charge < -0.3 is 4.74 Å². The molecule has 0 amide bonds. The van der Waals surface area contributed by atoms with Gasteiger partial charge in [-0.15, -0.1) is 0 Å². The molecule has 0 aromatic rings. The van der Waals surface area contributed by atoms with E-state index in [2.05, 4.69) is 44.0 Å². The van der Waals surface area contributed by atoms with E-state index in [1.54, 1.807) is 0 Å². The highest BCUT2D eigenvalue weighted by molar-refractivity contribution is 5.19. The van der Waals surface area contributed by atoms with Crippen molar-refractivity contribution in [2.45, 2.75) is 76.2 Å². The van der Waals surface area contributed by atoms with Crippen LogP contribution in [0.2, 0.25) is 0 Å². The molecule has 3 fully saturated rings. The maximum atomic E-state index is 9.88. The molecule has 3 aliphatic rings. The van der Waals surface area contributed by atoms with Crippen molar-refractivity contribution in [3.05, 3.63) is 0 Å². The smallest absolute Gasteiger partial charge is 0.122 e. The van der Waals surface area contributed by atoms with E-state index in [-0.39, 0.29) is 16.7 Å². The first kappa shape index (κ1) is 15.3. The molecule has 1 heterocycles. The summed E-state index contributed by atoms with van der Waals surface area (Å²) in [6.07, 6.45) is 4.86. The molecule has 0 spiro atoms. The Kier molecular flexibility index (Phi) is 3.59. The van der Waals surface area contributed by atoms with Crippen LogP contribution in [0.3, 0.4) is 0 Å². The summed E-state index contributed by atoms with van der Waals surface area (Å²) in [6, 6.07) is 3.23. The molecule has 21 heavy (non-hydrogen) atoms. The van der Waals surface area contributed by atoms with E-state index in [9.17, 15) is 5.26 Å². The quantitative estimate of drug-likeness (QED) is 0.844. The van der Waals surface area contributed by atoms with Crippen molar-refractivity contribution in [3.63, 3.8) is 0 Å². The number of nitrogens with one attached hydrogen (secondary N) is 1. The van der Waals surface area contributed by atoms with E-state index in [0.29, 0.717) is 12.0 Å². The Morgan fingerprint density at radius 2 is 1.71 bits per heavy atom. The van der Waals surface area contributed by atoms with Crippen molar-refractivity contribution >= 4 is 0 Å². The molecule has 2 saturated carbocycles. The van der Waals surface area contributed by atoms with Crippen molar-refractivity contribution in [2.75, 3.05) is 19.6 Å². The van der Waals surface area contributed by atoms with Gasteiger partial charge in [-0.05, 0) is 59.3 Å². The molecular weight excluding hydrogens is 262 g/mol. The lowest BCUT2D eigenvalue weighted by molar-refractivity contribution is -0.182. The van der Waals surface area contributed by atoms with Crippen LogP contribution in [0.5, 0.6) is 0 Å². The Morgan fingerprint density at radius 3 is 2.14 bits per heavy atom. The van der Waals surface area contributed by atoms with Crippen molar-refractivity contribution in [3.8, 4) is 6.07 Å². The molecule has 0 bridgehead atoms. The Balaban J connectivity index is 1.74. The summed E-state index contributed by atoms with van der Waals surface area (Å²) in [6.45, 7) is 11.3. The van der Waals surface area contributed by atoms with Gasteiger partial charge in [0.15, 0.2) is 0 Å². The topological polar surface area (TPSA) is 48.3 Å². The van der Waals surface area contributed by atoms with Crippen LogP contribution < -0.4 is 5.32 Å². The molecule has 2 aliphatic carbocycles. The van der Waals surface area contributed by atoms with Gasteiger partial charge in [0.1, 0.15) is 5.54 Å². The van der Waals surface area contributed by atoms with Gasteiger partial charge >= 0.3 is 0 Å². The number of nitrogens with zero attached hydrogens (tertiary/aromatic N) is 2. The van der Waals surface area contributed by atoms with Crippen LogP contribution in [-0.2, 0) is 4.74 Å². The highest BCUT2D eigenvalue weighted by atomic mass is 16.5. The van der Waals surface area contributed by atoms with Gasteiger partial charge in [0.25, 0.3) is 0 Å². The summed E-state index contributed by atoms with van der Waals surface area (Å²) in [5.41, 5.74) is -0.636. The minimum absolute atomic E-state index is 0.147. The summed E-state index contributed by atoms with van der Waals surface area (Å²) in [7, 11) is 0. The third-order valence-electron chi connectivity index (χ3n) is 4.75. The molecule has 1 atom stereocenters. The van der Waals surface area contributed by atoms with Crippen molar-refractivity contribution < 1.29 is 4.74 Å². The zero-order valence-corrected chi connectivity index (χ0v) is 13.9. The number of hydrogen-bond acceptors (Lipinski definition) is 4. The van der Waals surface area contributed by atoms with Gasteiger partial charge in [-0.3, -0.25) is 10.2 Å². The summed E-state index contributed by atoms with van der Waals surface area (Å²) in [5.74, 6) is 0.539. The predicted molar refractivity (Wildman–Crippen MR) is 82.9 cm³/mol. The second-order valence-corrected chi connectivity index (χ2v) is 8.54. The monoisotopic (exact) mass is 291 g/mol. The first-order valence-corrected chi connectivity index (χ1v) is 8.35. The fourth-order valence-corrected chi connectivity index (χ4v) is 4.03. The molecule has 1 N–H and O–H groups in total. The van der Waals surface area contributed by atoms with E-state index >= 15 is 0 Å². The minimum Gasteiger partial charge on any atom is -0.367 e. The Morgan fingerprint density at radius 1 is 1.14 bits per heavy atom. The van der Waals surface area contributed by atoms with Crippen LogP contribution in [0.1, 0.15) is 53.4 Å². The Hall–Kier alpha value is -0.630. The third-order valence-corrected chi connectivity index (χ3v) is 4.75. The van der Waals surface area contributed by atoms with E-state index in [1.165, 1.54) is 25.7 Å². The number of rotatable bonds is 5. The first-order chi connectivity index (χ1) is 9.74. The standard InChI is InChI=1S/C17H29N3O/c1-15(2)10-20(11-16(3,4)21-15)12-17(9-18,13-5-6-13)19-14-7-8-14/h13-14,19H,5-8,10-12H2,1-4H3. The van der Waals surface area contributed by atoms with Gasteiger partial charge in [0.05, 0.1) is 17.3 Å². The molecule has 118 valence electrons. The normalized spacial score (nSPS) is 31.4. The SMILES string of the molecule is CC1(C)CN(CC(C#N)(NC2CC2)C2CC2)CC(C)(C)O1. The summed E-state index contributed by atoms with van der Waals surface area (Å²) < 4.78 is 6.16. The van der Waals surface area contributed by atoms with Crippen molar-refractivity contribution in [2.24, 2.45) is 5.92 Å². The van der Waals surface area contributed by atoms with Crippen LogP contribution in [-0.4, -0.2) is 47.3 Å². The molecule has 4 nitrogen and oxygen atoms in total. The van der Waals surface area contributed by atoms with Gasteiger partial charge in [0, 0.05) is 25.7 Å². The maximum absolute atomic E-state index is 9.88.